The van der Waals surface area contributed by atoms with Gasteiger partial charge in [0.2, 0.25) is 0 Å². The van der Waals surface area contributed by atoms with Crippen LogP contribution in [0.5, 0.6) is 0 Å². The van der Waals surface area contributed by atoms with E-state index in [0.717, 1.165) is 14.9 Å². The Morgan fingerprint density at radius 1 is 1.50 bits per heavy atom. The second-order valence-corrected chi connectivity index (χ2v) is 4.47. The first kappa shape index (κ1) is 9.64. The second-order valence-electron chi connectivity index (χ2n) is 3.22. The van der Waals surface area contributed by atoms with Crippen LogP contribution in [0.25, 0.3) is 5.65 Å². The molecule has 0 unspecified atom stereocenters. The van der Waals surface area contributed by atoms with Crippen molar-refractivity contribution in [3.63, 3.8) is 0 Å². The Hall–Kier alpha value is -0.910. The summed E-state index contributed by atoms with van der Waals surface area (Å²) in [6, 6.07) is 3.95. The third kappa shape index (κ3) is 1.95. The van der Waals surface area contributed by atoms with E-state index in [0.29, 0.717) is 6.42 Å². The van der Waals surface area contributed by atoms with E-state index in [4.69, 9.17) is 0 Å². The Labute approximate surface area is 95.3 Å². The van der Waals surface area contributed by atoms with Crippen molar-refractivity contribution >= 4 is 34.0 Å². The van der Waals surface area contributed by atoms with E-state index in [1.807, 2.05) is 28.9 Å². The lowest BCUT2D eigenvalue weighted by atomic mass is 10.2. The van der Waals surface area contributed by atoms with Crippen LogP contribution in [-0.2, 0) is 11.2 Å². The number of rotatable bonds is 2. The minimum atomic E-state index is 0.142. The molecule has 72 valence electrons. The van der Waals surface area contributed by atoms with E-state index < -0.39 is 0 Å². The maximum atomic E-state index is 10.9. The normalized spacial score (nSPS) is 10.7. The summed E-state index contributed by atoms with van der Waals surface area (Å²) in [5, 5.41) is 0. The molecule has 0 radical (unpaired) electrons. The van der Waals surface area contributed by atoms with Gasteiger partial charge in [-0.05, 0) is 41.6 Å². The molecule has 2 aromatic rings. The Morgan fingerprint density at radius 2 is 2.29 bits per heavy atom. The fourth-order valence-corrected chi connectivity index (χ4v) is 1.84. The lowest BCUT2D eigenvalue weighted by molar-refractivity contribution is -0.116. The lowest BCUT2D eigenvalue weighted by Crippen LogP contribution is -1.95. The Balaban J connectivity index is 2.46. The van der Waals surface area contributed by atoms with Crippen molar-refractivity contribution in [1.29, 1.82) is 0 Å². The van der Waals surface area contributed by atoms with Crippen LogP contribution >= 0.6 is 22.6 Å². The van der Waals surface area contributed by atoms with Crippen LogP contribution in [-0.4, -0.2) is 15.2 Å². The summed E-state index contributed by atoms with van der Waals surface area (Å²) in [5.41, 5.74) is 1.72. The molecule has 0 fully saturated rings. The highest BCUT2D eigenvalue weighted by molar-refractivity contribution is 14.1. The largest absolute Gasteiger partial charge is 0.306 e. The van der Waals surface area contributed by atoms with Crippen LogP contribution in [0.1, 0.15) is 12.6 Å². The molecule has 2 aromatic heterocycles. The summed E-state index contributed by atoms with van der Waals surface area (Å²) in [4.78, 5) is 15.2. The Kier molecular flexibility index (Phi) is 2.54. The third-order valence-corrected chi connectivity index (χ3v) is 2.53. The minimum absolute atomic E-state index is 0.142. The maximum absolute atomic E-state index is 10.9. The highest BCUT2D eigenvalue weighted by Gasteiger charge is 2.03. The van der Waals surface area contributed by atoms with E-state index >= 15 is 0 Å². The van der Waals surface area contributed by atoms with Gasteiger partial charge < -0.3 is 4.40 Å². The number of imidazole rings is 1. The number of ketones is 1. The van der Waals surface area contributed by atoms with Gasteiger partial charge in [0.05, 0.1) is 5.69 Å². The number of Topliss-reactive ketones (excluding diaryl/α,β-unsaturated/α-hetero) is 1. The van der Waals surface area contributed by atoms with E-state index in [-0.39, 0.29) is 5.78 Å². The van der Waals surface area contributed by atoms with Gasteiger partial charge in [-0.2, -0.15) is 0 Å². The molecular formula is C10H9IN2O. The number of fused-ring (bicyclic) bond motifs is 1. The Morgan fingerprint density at radius 3 is 3.00 bits per heavy atom. The summed E-state index contributed by atoms with van der Waals surface area (Å²) in [5.74, 6) is 0.142. The molecule has 0 bridgehead atoms. The number of halogens is 1. The summed E-state index contributed by atoms with van der Waals surface area (Å²) >= 11 is 2.25. The van der Waals surface area contributed by atoms with Gasteiger partial charge in [0.25, 0.3) is 0 Å². The summed E-state index contributed by atoms with van der Waals surface area (Å²) in [7, 11) is 0. The smallest absolute Gasteiger partial charge is 0.137 e. The van der Waals surface area contributed by atoms with Crippen molar-refractivity contribution in [2.45, 2.75) is 13.3 Å². The van der Waals surface area contributed by atoms with E-state index in [9.17, 15) is 4.79 Å². The summed E-state index contributed by atoms with van der Waals surface area (Å²) in [6.07, 6.45) is 4.31. The summed E-state index contributed by atoms with van der Waals surface area (Å²) in [6.45, 7) is 1.58. The number of carbonyl (C=O) groups is 1. The molecule has 14 heavy (non-hydrogen) atoms. The number of hydrogen-bond acceptors (Lipinski definition) is 2. The van der Waals surface area contributed by atoms with Crippen molar-refractivity contribution in [3.05, 3.63) is 33.8 Å². The molecule has 0 spiro atoms. The second kappa shape index (κ2) is 3.68. The zero-order valence-electron chi connectivity index (χ0n) is 7.70. The monoisotopic (exact) mass is 300 g/mol. The zero-order valence-corrected chi connectivity index (χ0v) is 9.85. The zero-order chi connectivity index (χ0) is 10.1. The number of carbonyl (C=O) groups excluding carboxylic acids is 1. The highest BCUT2D eigenvalue weighted by atomic mass is 127. The molecule has 0 amide bonds. The molecule has 2 rings (SSSR count). The highest BCUT2D eigenvalue weighted by Crippen LogP contribution is 2.09. The van der Waals surface area contributed by atoms with E-state index in [1.54, 1.807) is 6.92 Å². The van der Waals surface area contributed by atoms with E-state index in [2.05, 4.69) is 27.6 Å². The predicted octanol–water partition coefficient (Wildman–Crippen LogP) is 2.07. The van der Waals surface area contributed by atoms with Gasteiger partial charge >= 0.3 is 0 Å². The predicted molar refractivity (Wildman–Crippen MR) is 62.3 cm³/mol. The first-order chi connectivity index (χ1) is 6.65. The quantitative estimate of drug-likeness (QED) is 0.796. The van der Waals surface area contributed by atoms with Crippen LogP contribution in [0.4, 0.5) is 0 Å². The first-order valence-corrected chi connectivity index (χ1v) is 5.35. The molecule has 4 heteroatoms. The van der Waals surface area contributed by atoms with Crippen LogP contribution in [0.2, 0.25) is 0 Å². The maximum Gasteiger partial charge on any atom is 0.137 e. The van der Waals surface area contributed by atoms with Gasteiger partial charge in [-0.15, -0.1) is 0 Å². The third-order valence-electron chi connectivity index (χ3n) is 1.89. The molecule has 0 atom stereocenters. The van der Waals surface area contributed by atoms with Gasteiger partial charge in [-0.3, -0.25) is 4.79 Å². The average Bonchev–Trinajstić information content (AvgIpc) is 2.44. The summed E-state index contributed by atoms with van der Waals surface area (Å²) < 4.78 is 3.10. The van der Waals surface area contributed by atoms with Gasteiger partial charge in [-0.25, -0.2) is 4.98 Å². The topological polar surface area (TPSA) is 34.4 Å². The number of aromatic nitrogens is 2. The van der Waals surface area contributed by atoms with Crippen molar-refractivity contribution in [1.82, 2.24) is 9.38 Å². The van der Waals surface area contributed by atoms with E-state index in [1.165, 1.54) is 0 Å². The molecule has 0 aliphatic rings. The number of nitrogens with zero attached hydrogens (tertiary/aromatic N) is 2. The van der Waals surface area contributed by atoms with Gasteiger partial charge in [0.15, 0.2) is 0 Å². The number of pyridine rings is 1. The van der Waals surface area contributed by atoms with Crippen LogP contribution in [0.15, 0.2) is 24.5 Å². The Bertz CT molecular complexity index is 490. The molecule has 0 aromatic carbocycles. The fraction of sp³-hybridized carbons (Fsp3) is 0.200. The number of hydrogen-bond donors (Lipinski definition) is 0. The fourth-order valence-electron chi connectivity index (χ4n) is 1.36. The van der Waals surface area contributed by atoms with Crippen molar-refractivity contribution < 1.29 is 4.79 Å². The van der Waals surface area contributed by atoms with Gasteiger partial charge in [0.1, 0.15) is 11.4 Å². The molecule has 2 heterocycles. The first-order valence-electron chi connectivity index (χ1n) is 4.28. The minimum Gasteiger partial charge on any atom is -0.306 e. The van der Waals surface area contributed by atoms with Crippen molar-refractivity contribution in [3.8, 4) is 0 Å². The standard InChI is InChI=1S/C10H9IN2O/c1-7(14)4-9-6-13-5-8(11)2-3-10(13)12-9/h2-3,5-6H,4H2,1H3. The van der Waals surface area contributed by atoms with Gasteiger partial charge in [-0.1, -0.05) is 0 Å². The SMILES string of the molecule is CC(=O)Cc1cn2cc(I)ccc2n1. The average molecular weight is 300 g/mol. The van der Waals surface area contributed by atoms with Crippen molar-refractivity contribution in [2.24, 2.45) is 0 Å². The molecule has 0 saturated carbocycles. The van der Waals surface area contributed by atoms with Gasteiger partial charge in [0, 0.05) is 22.4 Å². The molecule has 0 N–H and O–H groups in total. The molecule has 0 aliphatic carbocycles. The lowest BCUT2D eigenvalue weighted by Gasteiger charge is -1.91. The molecule has 0 aliphatic heterocycles. The molecule has 3 nitrogen and oxygen atoms in total. The molecule has 0 saturated heterocycles. The van der Waals surface area contributed by atoms with Crippen LogP contribution in [0, 0.1) is 3.57 Å². The van der Waals surface area contributed by atoms with Crippen molar-refractivity contribution in [2.75, 3.05) is 0 Å². The molecular weight excluding hydrogens is 291 g/mol. The van der Waals surface area contributed by atoms with Crippen LogP contribution < -0.4 is 0 Å². The van der Waals surface area contributed by atoms with Crippen LogP contribution in [0.3, 0.4) is 0 Å².